The number of nitrogens with two attached hydrogens (primary N) is 1. The lowest BCUT2D eigenvalue weighted by molar-refractivity contribution is -0.145. The molecule has 19 heavy (non-hydrogen) atoms. The number of anilines is 1. The third-order valence-electron chi connectivity index (χ3n) is 3.25. The van der Waals surface area contributed by atoms with Gasteiger partial charge in [0.25, 0.3) is 0 Å². The van der Waals surface area contributed by atoms with Crippen LogP contribution in [0.25, 0.3) is 0 Å². The van der Waals surface area contributed by atoms with Gasteiger partial charge in [0, 0.05) is 25.1 Å². The molecule has 1 aliphatic heterocycles. The van der Waals surface area contributed by atoms with Crippen molar-refractivity contribution in [1.82, 2.24) is 0 Å². The van der Waals surface area contributed by atoms with Gasteiger partial charge in [0.15, 0.2) is 0 Å². The normalized spacial score (nSPS) is 18.8. The molecule has 0 spiro atoms. The molecule has 1 heterocycles. The minimum Gasteiger partial charge on any atom is -0.469 e. The second-order valence-corrected chi connectivity index (χ2v) is 4.37. The molecule has 1 atom stereocenters. The number of methoxy groups -OCH3 is 1. The summed E-state index contributed by atoms with van der Waals surface area (Å²) in [6.07, 6.45) is 0.0766. The van der Waals surface area contributed by atoms with Crippen molar-refractivity contribution < 1.29 is 18.7 Å². The number of ether oxygens (including phenoxy) is 1. The Morgan fingerprint density at radius 3 is 2.95 bits per heavy atom. The van der Waals surface area contributed by atoms with Gasteiger partial charge in [0.05, 0.1) is 18.7 Å². The number of nitrogens with zero attached hydrogens (tertiary/aromatic N) is 1. The lowest BCUT2D eigenvalue weighted by Gasteiger charge is -2.20. The van der Waals surface area contributed by atoms with Crippen LogP contribution < -0.4 is 10.6 Å². The summed E-state index contributed by atoms with van der Waals surface area (Å²) in [5, 5.41) is 0. The van der Waals surface area contributed by atoms with Gasteiger partial charge in [-0.3, -0.25) is 9.59 Å². The van der Waals surface area contributed by atoms with Crippen LogP contribution in [-0.2, 0) is 20.9 Å². The Labute approximate surface area is 110 Å². The van der Waals surface area contributed by atoms with Crippen molar-refractivity contribution in [3.05, 3.63) is 29.6 Å². The first kappa shape index (κ1) is 13.5. The summed E-state index contributed by atoms with van der Waals surface area (Å²) in [4.78, 5) is 24.8. The molecule has 1 aromatic carbocycles. The molecule has 0 aromatic heterocycles. The molecule has 5 nitrogen and oxygen atoms in total. The average Bonchev–Trinajstić information content (AvgIpc) is 2.79. The summed E-state index contributed by atoms with van der Waals surface area (Å²) in [6.45, 7) is 0.191. The van der Waals surface area contributed by atoms with Crippen molar-refractivity contribution in [2.45, 2.75) is 13.0 Å². The van der Waals surface area contributed by atoms with Crippen molar-refractivity contribution in [3.8, 4) is 0 Å². The Bertz CT molecular complexity index is 519. The lowest BCUT2D eigenvalue weighted by atomic mass is 10.1. The summed E-state index contributed by atoms with van der Waals surface area (Å²) in [7, 11) is 1.28. The van der Waals surface area contributed by atoms with E-state index in [1.54, 1.807) is 6.07 Å². The molecule has 1 aromatic rings. The molecule has 6 heteroatoms. The lowest BCUT2D eigenvalue weighted by Crippen LogP contribution is -2.28. The molecular weight excluding hydrogens is 251 g/mol. The predicted molar refractivity (Wildman–Crippen MR) is 66.8 cm³/mol. The molecule has 1 saturated heterocycles. The molecule has 0 bridgehead atoms. The zero-order chi connectivity index (χ0) is 14.0. The smallest absolute Gasteiger partial charge is 0.311 e. The number of esters is 1. The summed E-state index contributed by atoms with van der Waals surface area (Å²) in [5.74, 6) is -1.61. The largest absolute Gasteiger partial charge is 0.469 e. The van der Waals surface area contributed by atoms with Gasteiger partial charge in [0.2, 0.25) is 5.91 Å². The van der Waals surface area contributed by atoms with E-state index >= 15 is 0 Å². The van der Waals surface area contributed by atoms with Crippen molar-refractivity contribution in [2.24, 2.45) is 11.7 Å². The quantitative estimate of drug-likeness (QED) is 0.822. The van der Waals surface area contributed by atoms with Crippen molar-refractivity contribution in [2.75, 3.05) is 18.6 Å². The summed E-state index contributed by atoms with van der Waals surface area (Å²) in [5.41, 5.74) is 6.22. The Kier molecular flexibility index (Phi) is 3.80. The van der Waals surface area contributed by atoms with Crippen LogP contribution in [0.15, 0.2) is 18.2 Å². The van der Waals surface area contributed by atoms with E-state index < -0.39 is 17.7 Å². The average molecular weight is 266 g/mol. The van der Waals surface area contributed by atoms with Gasteiger partial charge in [-0.25, -0.2) is 4.39 Å². The van der Waals surface area contributed by atoms with Crippen LogP contribution in [0.2, 0.25) is 0 Å². The van der Waals surface area contributed by atoms with Crippen LogP contribution in [0.5, 0.6) is 0 Å². The molecule has 1 aliphatic rings. The predicted octanol–water partition coefficient (Wildman–Crippen LogP) is 0.810. The van der Waals surface area contributed by atoms with E-state index in [-0.39, 0.29) is 31.0 Å². The second-order valence-electron chi connectivity index (χ2n) is 4.37. The maximum absolute atomic E-state index is 13.6. The maximum Gasteiger partial charge on any atom is 0.311 e. The Morgan fingerprint density at radius 2 is 2.32 bits per heavy atom. The van der Waals surface area contributed by atoms with Gasteiger partial charge < -0.3 is 15.4 Å². The van der Waals surface area contributed by atoms with E-state index in [2.05, 4.69) is 4.74 Å². The Hall–Kier alpha value is -1.95. The van der Waals surface area contributed by atoms with Crippen molar-refractivity contribution in [1.29, 1.82) is 0 Å². The monoisotopic (exact) mass is 266 g/mol. The van der Waals surface area contributed by atoms with Gasteiger partial charge >= 0.3 is 5.97 Å². The molecule has 1 unspecified atom stereocenters. The number of rotatable bonds is 3. The molecule has 2 rings (SSSR count). The third kappa shape index (κ3) is 2.44. The van der Waals surface area contributed by atoms with E-state index in [0.29, 0.717) is 5.69 Å². The number of carbonyl (C=O) groups excluding carboxylic acids is 2. The Balaban J connectivity index is 2.31. The third-order valence-corrected chi connectivity index (χ3v) is 3.25. The highest BCUT2D eigenvalue weighted by Crippen LogP contribution is 2.29. The van der Waals surface area contributed by atoms with E-state index in [1.165, 1.54) is 24.1 Å². The van der Waals surface area contributed by atoms with Gasteiger partial charge in [-0.05, 0) is 12.1 Å². The van der Waals surface area contributed by atoms with Gasteiger partial charge in [-0.1, -0.05) is 6.07 Å². The van der Waals surface area contributed by atoms with Gasteiger partial charge in [0.1, 0.15) is 5.82 Å². The second kappa shape index (κ2) is 5.36. The van der Waals surface area contributed by atoms with E-state index in [9.17, 15) is 14.0 Å². The fourth-order valence-electron chi connectivity index (χ4n) is 2.27. The molecular formula is C13H15FN2O3. The zero-order valence-electron chi connectivity index (χ0n) is 10.6. The maximum atomic E-state index is 13.6. The van der Waals surface area contributed by atoms with E-state index in [4.69, 9.17) is 5.73 Å². The van der Waals surface area contributed by atoms with Crippen LogP contribution in [0, 0.1) is 11.7 Å². The van der Waals surface area contributed by atoms with Gasteiger partial charge in [-0.2, -0.15) is 0 Å². The molecule has 1 amide bonds. The van der Waals surface area contributed by atoms with Crippen LogP contribution in [0.1, 0.15) is 12.0 Å². The van der Waals surface area contributed by atoms with Crippen LogP contribution in [0.4, 0.5) is 10.1 Å². The number of carbonyl (C=O) groups is 2. The summed E-state index contributed by atoms with van der Waals surface area (Å²) >= 11 is 0. The molecule has 0 radical (unpaired) electrons. The number of amides is 1. The highest BCUT2D eigenvalue weighted by molar-refractivity contribution is 6.00. The first-order valence-corrected chi connectivity index (χ1v) is 5.94. The fraction of sp³-hybridized carbons (Fsp3) is 0.385. The number of hydrogen-bond acceptors (Lipinski definition) is 4. The number of benzene rings is 1. The summed E-state index contributed by atoms with van der Waals surface area (Å²) in [6, 6.07) is 4.44. The van der Waals surface area contributed by atoms with Crippen LogP contribution >= 0.6 is 0 Å². The number of halogens is 1. The van der Waals surface area contributed by atoms with Crippen LogP contribution in [-0.4, -0.2) is 25.5 Å². The fourth-order valence-corrected chi connectivity index (χ4v) is 2.27. The van der Waals surface area contributed by atoms with Gasteiger partial charge in [-0.15, -0.1) is 0 Å². The first-order valence-electron chi connectivity index (χ1n) is 5.94. The first-order chi connectivity index (χ1) is 9.08. The van der Waals surface area contributed by atoms with E-state index in [0.717, 1.165) is 0 Å². The summed E-state index contributed by atoms with van der Waals surface area (Å²) < 4.78 is 18.3. The van der Waals surface area contributed by atoms with Crippen LogP contribution in [0.3, 0.4) is 0 Å². The SMILES string of the molecule is COC(=O)C1CC(=O)N(c2cccc(F)c2CN)C1. The highest BCUT2D eigenvalue weighted by Gasteiger charge is 2.36. The van der Waals surface area contributed by atoms with Crippen molar-refractivity contribution >= 4 is 17.6 Å². The molecule has 0 saturated carbocycles. The van der Waals surface area contributed by atoms with Crippen molar-refractivity contribution in [3.63, 3.8) is 0 Å². The topological polar surface area (TPSA) is 72.6 Å². The standard InChI is InChI=1S/C13H15FN2O3/c1-19-13(18)8-5-12(17)16(7-8)11-4-2-3-10(14)9(11)6-15/h2-4,8H,5-7,15H2,1H3. The molecule has 1 fully saturated rings. The minimum absolute atomic E-state index is 0.00528. The molecule has 102 valence electrons. The highest BCUT2D eigenvalue weighted by atomic mass is 19.1. The zero-order valence-corrected chi connectivity index (χ0v) is 10.6. The molecule has 2 N–H and O–H groups in total. The minimum atomic E-state index is -0.508. The molecule has 0 aliphatic carbocycles. The number of hydrogen-bond donors (Lipinski definition) is 1. The Morgan fingerprint density at radius 1 is 1.58 bits per heavy atom. The van der Waals surface area contributed by atoms with E-state index in [1.807, 2.05) is 0 Å².